The third-order valence-corrected chi connectivity index (χ3v) is 2.38. The van der Waals surface area contributed by atoms with Gasteiger partial charge in [-0.3, -0.25) is 0 Å². The molecule has 0 aliphatic rings. The van der Waals surface area contributed by atoms with Crippen molar-refractivity contribution in [3.05, 3.63) is 0 Å². The number of nitrogens with one attached hydrogen (secondary N) is 1. The van der Waals surface area contributed by atoms with Gasteiger partial charge in [0.05, 0.1) is 0 Å². The van der Waals surface area contributed by atoms with Crippen LogP contribution in [-0.4, -0.2) is 38.2 Å². The summed E-state index contributed by atoms with van der Waals surface area (Å²) in [6, 6.07) is -0.249. The van der Waals surface area contributed by atoms with Crippen molar-refractivity contribution in [2.75, 3.05) is 19.8 Å². The summed E-state index contributed by atoms with van der Waals surface area (Å²) in [6.45, 7) is 0.890. The Kier molecular flexibility index (Phi) is 8.40. The Bertz CT molecular complexity index is 228. The average molecular weight is 295 g/mol. The molecule has 0 rings (SSSR count). The highest BCUT2D eigenvalue weighted by atomic mass is 19.4. The fraction of sp³-hybridized carbons (Fsp3) is 1.00. The number of hydrogen-bond donors (Lipinski definition) is 1. The van der Waals surface area contributed by atoms with Crippen molar-refractivity contribution < 1.29 is 31.1 Å². The van der Waals surface area contributed by atoms with E-state index < -0.39 is 25.4 Å². The summed E-state index contributed by atoms with van der Waals surface area (Å²) in [5.74, 6) is 0. The lowest BCUT2D eigenvalue weighted by Gasteiger charge is -2.18. The first kappa shape index (κ1) is 18.5. The molecule has 1 unspecified atom stereocenters. The molecule has 19 heavy (non-hydrogen) atoms. The first-order valence-corrected chi connectivity index (χ1v) is 6.08. The van der Waals surface area contributed by atoms with Gasteiger partial charge in [0, 0.05) is 19.1 Å². The van der Waals surface area contributed by atoms with E-state index in [1.165, 1.54) is 0 Å². The van der Waals surface area contributed by atoms with Crippen molar-refractivity contribution in [3.63, 3.8) is 0 Å². The molecule has 0 saturated heterocycles. The number of ether oxygens (including phenoxy) is 1. The van der Waals surface area contributed by atoms with Gasteiger partial charge in [-0.2, -0.15) is 26.3 Å². The maximum Gasteiger partial charge on any atom is 0.411 e. The highest BCUT2D eigenvalue weighted by Gasteiger charge is 2.28. The molecular weight excluding hydrogens is 276 g/mol. The molecule has 0 saturated carbocycles. The fourth-order valence-electron chi connectivity index (χ4n) is 1.60. The first-order chi connectivity index (χ1) is 8.64. The van der Waals surface area contributed by atoms with Gasteiger partial charge in [-0.05, 0) is 25.8 Å². The molecule has 0 radical (unpaired) electrons. The molecule has 116 valence electrons. The van der Waals surface area contributed by atoms with Gasteiger partial charge in [-0.1, -0.05) is 6.92 Å². The van der Waals surface area contributed by atoms with Crippen molar-refractivity contribution in [3.8, 4) is 0 Å². The second-order valence-electron chi connectivity index (χ2n) is 4.22. The van der Waals surface area contributed by atoms with Gasteiger partial charge in [0.1, 0.15) is 6.61 Å². The van der Waals surface area contributed by atoms with Crippen molar-refractivity contribution in [2.24, 2.45) is 0 Å². The zero-order valence-electron chi connectivity index (χ0n) is 10.7. The van der Waals surface area contributed by atoms with E-state index in [2.05, 4.69) is 10.1 Å². The van der Waals surface area contributed by atoms with E-state index >= 15 is 0 Å². The Morgan fingerprint density at radius 3 is 2.11 bits per heavy atom. The maximum absolute atomic E-state index is 12.0. The molecule has 0 bridgehead atoms. The van der Waals surface area contributed by atoms with Crippen molar-refractivity contribution in [1.29, 1.82) is 0 Å². The summed E-state index contributed by atoms with van der Waals surface area (Å²) in [7, 11) is 0. The molecule has 1 atom stereocenters. The van der Waals surface area contributed by atoms with E-state index in [4.69, 9.17) is 0 Å². The van der Waals surface area contributed by atoms with Crippen LogP contribution in [-0.2, 0) is 4.74 Å². The lowest BCUT2D eigenvalue weighted by atomic mass is 10.1. The lowest BCUT2D eigenvalue weighted by Crippen LogP contribution is -2.31. The Morgan fingerprint density at radius 1 is 1.00 bits per heavy atom. The normalized spacial score (nSPS) is 14.7. The van der Waals surface area contributed by atoms with E-state index in [1.807, 2.05) is 0 Å². The van der Waals surface area contributed by atoms with Crippen LogP contribution in [0, 0.1) is 0 Å². The van der Waals surface area contributed by atoms with Crippen molar-refractivity contribution in [2.45, 2.75) is 51.0 Å². The molecule has 0 aromatic carbocycles. The zero-order chi connectivity index (χ0) is 14.9. The summed E-state index contributed by atoms with van der Waals surface area (Å²) >= 11 is 0. The van der Waals surface area contributed by atoms with Crippen LogP contribution < -0.4 is 5.32 Å². The predicted octanol–water partition coefficient (Wildman–Crippen LogP) is 3.67. The summed E-state index contributed by atoms with van der Waals surface area (Å²) in [6.07, 6.45) is -8.95. The van der Waals surface area contributed by atoms with Crippen LogP contribution in [0.3, 0.4) is 0 Å². The zero-order valence-corrected chi connectivity index (χ0v) is 10.7. The van der Waals surface area contributed by atoms with Crippen LogP contribution in [0.5, 0.6) is 0 Å². The summed E-state index contributed by atoms with van der Waals surface area (Å²) in [4.78, 5) is 0. The topological polar surface area (TPSA) is 21.3 Å². The van der Waals surface area contributed by atoms with Gasteiger partial charge in [-0.25, -0.2) is 0 Å². The van der Waals surface area contributed by atoms with Gasteiger partial charge in [0.15, 0.2) is 0 Å². The number of hydrogen-bond acceptors (Lipinski definition) is 2. The van der Waals surface area contributed by atoms with Gasteiger partial charge in [-0.15, -0.1) is 0 Å². The minimum absolute atomic E-state index is 0.0412. The second kappa shape index (κ2) is 8.63. The molecular formula is C11H19F6NO. The summed E-state index contributed by atoms with van der Waals surface area (Å²) < 4.78 is 75.7. The van der Waals surface area contributed by atoms with Crippen molar-refractivity contribution in [1.82, 2.24) is 5.32 Å². The fourth-order valence-corrected chi connectivity index (χ4v) is 1.60. The highest BCUT2D eigenvalue weighted by Crippen LogP contribution is 2.23. The third-order valence-electron chi connectivity index (χ3n) is 2.38. The van der Waals surface area contributed by atoms with E-state index in [-0.39, 0.29) is 31.9 Å². The molecule has 0 fully saturated rings. The van der Waals surface area contributed by atoms with Gasteiger partial charge < -0.3 is 10.1 Å². The Balaban J connectivity index is 3.80. The Morgan fingerprint density at radius 2 is 1.63 bits per heavy atom. The molecule has 0 aliphatic carbocycles. The van der Waals surface area contributed by atoms with Gasteiger partial charge in [0.2, 0.25) is 0 Å². The summed E-state index contributed by atoms with van der Waals surface area (Å²) in [5, 5.41) is 2.94. The average Bonchev–Trinajstić information content (AvgIpc) is 2.21. The van der Waals surface area contributed by atoms with Crippen LogP contribution in [0.1, 0.15) is 32.6 Å². The molecule has 0 aliphatic heterocycles. The van der Waals surface area contributed by atoms with Crippen LogP contribution in [0.15, 0.2) is 0 Å². The van der Waals surface area contributed by atoms with Crippen LogP contribution in [0.4, 0.5) is 26.3 Å². The molecule has 0 amide bonds. The van der Waals surface area contributed by atoms with Crippen molar-refractivity contribution >= 4 is 0 Å². The molecule has 0 aromatic heterocycles. The highest BCUT2D eigenvalue weighted by molar-refractivity contribution is 4.67. The summed E-state index contributed by atoms with van der Waals surface area (Å²) in [5.41, 5.74) is 0. The smallest absolute Gasteiger partial charge is 0.372 e. The molecule has 1 N–H and O–H groups in total. The number of alkyl halides is 6. The lowest BCUT2D eigenvalue weighted by molar-refractivity contribution is -0.174. The third kappa shape index (κ3) is 13.7. The quantitative estimate of drug-likeness (QED) is 0.518. The predicted molar refractivity (Wildman–Crippen MR) is 58.9 cm³/mol. The molecule has 2 nitrogen and oxygen atoms in total. The molecule has 8 heteroatoms. The van der Waals surface area contributed by atoms with E-state index in [9.17, 15) is 26.3 Å². The second-order valence-corrected chi connectivity index (χ2v) is 4.22. The monoisotopic (exact) mass is 295 g/mol. The first-order valence-electron chi connectivity index (χ1n) is 6.08. The Labute approximate surface area is 108 Å². The van der Waals surface area contributed by atoms with Crippen LogP contribution in [0.25, 0.3) is 0 Å². The molecule has 0 aromatic rings. The maximum atomic E-state index is 12.0. The van der Waals surface area contributed by atoms with Gasteiger partial charge >= 0.3 is 12.4 Å². The minimum Gasteiger partial charge on any atom is -0.372 e. The largest absolute Gasteiger partial charge is 0.411 e. The molecule has 0 spiro atoms. The SMILES string of the molecule is CCNC(CCCC(F)(F)F)CCOCC(F)(F)F. The van der Waals surface area contributed by atoms with E-state index in [0.29, 0.717) is 6.54 Å². The van der Waals surface area contributed by atoms with Crippen LogP contribution >= 0.6 is 0 Å². The standard InChI is InChI=1S/C11H19F6NO/c1-2-18-9(4-3-6-10(12,13)14)5-7-19-8-11(15,16)17/h9,18H,2-8H2,1H3. The van der Waals surface area contributed by atoms with Gasteiger partial charge in [0.25, 0.3) is 0 Å². The number of halogens is 6. The van der Waals surface area contributed by atoms with Crippen LogP contribution in [0.2, 0.25) is 0 Å². The molecule has 0 heterocycles. The Hall–Kier alpha value is -0.500. The minimum atomic E-state index is -4.37. The van der Waals surface area contributed by atoms with E-state index in [0.717, 1.165) is 0 Å². The number of rotatable bonds is 9. The van der Waals surface area contributed by atoms with E-state index in [1.54, 1.807) is 6.92 Å².